The monoisotopic (exact) mass is 195 g/mol. The summed E-state index contributed by atoms with van der Waals surface area (Å²) >= 11 is 1.84. The van der Waals surface area contributed by atoms with Gasteiger partial charge >= 0.3 is 0 Å². The normalized spacial score (nSPS) is 19.2. The van der Waals surface area contributed by atoms with Crippen molar-refractivity contribution in [3.63, 3.8) is 0 Å². The molecule has 1 saturated heterocycles. The van der Waals surface area contributed by atoms with Gasteiger partial charge in [0.25, 0.3) is 0 Å². The van der Waals surface area contributed by atoms with Crippen LogP contribution in [0.1, 0.15) is 24.0 Å². The molecule has 0 bridgehead atoms. The third-order valence-electron chi connectivity index (χ3n) is 2.93. The lowest BCUT2D eigenvalue weighted by Crippen LogP contribution is -2.28. The van der Waals surface area contributed by atoms with Gasteiger partial charge in [-0.15, -0.1) is 0 Å². The van der Waals surface area contributed by atoms with E-state index >= 15 is 0 Å². The van der Waals surface area contributed by atoms with Gasteiger partial charge in [-0.3, -0.25) is 0 Å². The predicted molar refractivity (Wildman–Crippen MR) is 58.4 cm³/mol. The molecular formula is C11H17NS. The molecule has 0 aliphatic carbocycles. The van der Waals surface area contributed by atoms with Gasteiger partial charge in [0.2, 0.25) is 0 Å². The molecule has 0 radical (unpaired) electrons. The molecule has 1 aliphatic rings. The average molecular weight is 195 g/mol. The molecule has 1 nitrogen and oxygen atoms in total. The van der Waals surface area contributed by atoms with Gasteiger partial charge in [0.1, 0.15) is 0 Å². The van der Waals surface area contributed by atoms with Crippen molar-refractivity contribution in [3.8, 4) is 0 Å². The largest absolute Gasteiger partial charge is 0.317 e. The van der Waals surface area contributed by atoms with Crippen LogP contribution < -0.4 is 5.32 Å². The molecule has 2 heteroatoms. The smallest absolute Gasteiger partial charge is 0.00462 e. The van der Waals surface area contributed by atoms with E-state index in [4.69, 9.17) is 0 Å². The van der Waals surface area contributed by atoms with Crippen molar-refractivity contribution in [2.24, 2.45) is 5.92 Å². The Bertz CT molecular complexity index is 261. The van der Waals surface area contributed by atoms with Gasteiger partial charge in [-0.1, -0.05) is 0 Å². The second-order valence-electron chi connectivity index (χ2n) is 3.98. The van der Waals surface area contributed by atoms with Gasteiger partial charge in [0.05, 0.1) is 0 Å². The summed E-state index contributed by atoms with van der Waals surface area (Å²) in [5.74, 6) is 0.926. The van der Waals surface area contributed by atoms with Crippen molar-refractivity contribution >= 4 is 11.3 Å². The molecule has 0 amide bonds. The molecule has 1 aliphatic heterocycles. The molecule has 72 valence electrons. The quantitative estimate of drug-likeness (QED) is 0.765. The van der Waals surface area contributed by atoms with Gasteiger partial charge in [-0.05, 0) is 67.1 Å². The van der Waals surface area contributed by atoms with Crippen LogP contribution in [0.15, 0.2) is 10.8 Å². The highest BCUT2D eigenvalue weighted by atomic mass is 32.1. The molecule has 1 aromatic heterocycles. The van der Waals surface area contributed by atoms with Crippen LogP contribution in [-0.2, 0) is 6.42 Å². The molecule has 0 aromatic carbocycles. The second kappa shape index (κ2) is 4.25. The fraction of sp³-hybridized carbons (Fsp3) is 0.636. The minimum Gasteiger partial charge on any atom is -0.317 e. The first-order valence-electron chi connectivity index (χ1n) is 5.08. The van der Waals surface area contributed by atoms with Crippen molar-refractivity contribution in [3.05, 3.63) is 21.9 Å². The van der Waals surface area contributed by atoms with E-state index in [1.54, 1.807) is 5.56 Å². The molecule has 2 rings (SSSR count). The highest BCUT2D eigenvalue weighted by Gasteiger charge is 2.14. The maximum absolute atomic E-state index is 3.41. The van der Waals surface area contributed by atoms with Crippen LogP contribution >= 0.6 is 11.3 Å². The maximum Gasteiger partial charge on any atom is -0.00462 e. The minimum atomic E-state index is 0.926. The second-order valence-corrected chi connectivity index (χ2v) is 4.72. The highest BCUT2D eigenvalue weighted by molar-refractivity contribution is 7.08. The SMILES string of the molecule is Cc1cscc1CC1CCNCC1. The van der Waals surface area contributed by atoms with Gasteiger partial charge in [-0.2, -0.15) is 11.3 Å². The number of piperidine rings is 1. The molecule has 0 atom stereocenters. The summed E-state index contributed by atoms with van der Waals surface area (Å²) in [6.45, 7) is 4.66. The lowest BCUT2D eigenvalue weighted by Gasteiger charge is -2.22. The molecular weight excluding hydrogens is 178 g/mol. The fourth-order valence-corrected chi connectivity index (χ4v) is 2.86. The zero-order chi connectivity index (χ0) is 9.10. The van der Waals surface area contributed by atoms with E-state index in [-0.39, 0.29) is 0 Å². The third kappa shape index (κ3) is 2.32. The summed E-state index contributed by atoms with van der Waals surface area (Å²) in [5.41, 5.74) is 3.07. The predicted octanol–water partition coefficient (Wildman–Crippen LogP) is 2.60. The van der Waals surface area contributed by atoms with Crippen LogP contribution in [0, 0.1) is 12.8 Å². The summed E-state index contributed by atoms with van der Waals surface area (Å²) in [5, 5.41) is 7.99. The van der Waals surface area contributed by atoms with E-state index in [9.17, 15) is 0 Å². The summed E-state index contributed by atoms with van der Waals surface area (Å²) in [6, 6.07) is 0. The van der Waals surface area contributed by atoms with E-state index in [0.29, 0.717) is 0 Å². The highest BCUT2D eigenvalue weighted by Crippen LogP contribution is 2.22. The van der Waals surface area contributed by atoms with E-state index in [2.05, 4.69) is 23.0 Å². The Balaban J connectivity index is 1.93. The number of thiophene rings is 1. The Hall–Kier alpha value is -0.340. The van der Waals surface area contributed by atoms with E-state index < -0.39 is 0 Å². The van der Waals surface area contributed by atoms with Crippen LogP contribution in [0.25, 0.3) is 0 Å². The molecule has 1 aromatic rings. The molecule has 13 heavy (non-hydrogen) atoms. The van der Waals surface area contributed by atoms with Gasteiger partial charge in [-0.25, -0.2) is 0 Å². The Kier molecular flexibility index (Phi) is 3.01. The Labute approximate surface area is 84.2 Å². The first-order chi connectivity index (χ1) is 6.36. The molecule has 2 heterocycles. The number of rotatable bonds is 2. The number of hydrogen-bond acceptors (Lipinski definition) is 2. The van der Waals surface area contributed by atoms with Crippen molar-refractivity contribution in [1.29, 1.82) is 0 Å². The molecule has 0 spiro atoms. The number of aryl methyl sites for hydroxylation is 1. The van der Waals surface area contributed by atoms with Crippen molar-refractivity contribution in [2.45, 2.75) is 26.2 Å². The van der Waals surface area contributed by atoms with Crippen molar-refractivity contribution < 1.29 is 0 Å². The van der Waals surface area contributed by atoms with E-state index in [0.717, 1.165) is 5.92 Å². The first kappa shape index (κ1) is 9.22. The van der Waals surface area contributed by atoms with E-state index in [1.165, 1.54) is 37.9 Å². The van der Waals surface area contributed by atoms with Crippen LogP contribution in [0.2, 0.25) is 0 Å². The first-order valence-corrected chi connectivity index (χ1v) is 6.03. The molecule has 0 unspecified atom stereocenters. The summed E-state index contributed by atoms with van der Waals surface area (Å²) in [4.78, 5) is 0. The molecule has 1 fully saturated rings. The van der Waals surface area contributed by atoms with Gasteiger partial charge < -0.3 is 5.32 Å². The Morgan fingerprint density at radius 1 is 1.38 bits per heavy atom. The van der Waals surface area contributed by atoms with Gasteiger partial charge in [0, 0.05) is 0 Å². The van der Waals surface area contributed by atoms with Crippen molar-refractivity contribution in [1.82, 2.24) is 5.32 Å². The molecule has 0 saturated carbocycles. The standard InChI is InChI=1S/C11H17NS/c1-9-7-13-8-11(9)6-10-2-4-12-5-3-10/h7-8,10,12H,2-6H2,1H3. The number of hydrogen-bond donors (Lipinski definition) is 1. The third-order valence-corrected chi connectivity index (χ3v) is 3.84. The lowest BCUT2D eigenvalue weighted by atomic mass is 9.91. The summed E-state index contributed by atoms with van der Waals surface area (Å²) < 4.78 is 0. The minimum absolute atomic E-state index is 0.926. The average Bonchev–Trinajstić information content (AvgIpc) is 2.54. The lowest BCUT2D eigenvalue weighted by molar-refractivity contribution is 0.372. The molecule has 1 N–H and O–H groups in total. The maximum atomic E-state index is 3.41. The summed E-state index contributed by atoms with van der Waals surface area (Å²) in [7, 11) is 0. The van der Waals surface area contributed by atoms with Crippen molar-refractivity contribution in [2.75, 3.05) is 13.1 Å². The topological polar surface area (TPSA) is 12.0 Å². The van der Waals surface area contributed by atoms with E-state index in [1.807, 2.05) is 11.3 Å². The number of nitrogens with one attached hydrogen (secondary N) is 1. The van der Waals surface area contributed by atoms with Gasteiger partial charge in [0.15, 0.2) is 0 Å². The Morgan fingerprint density at radius 3 is 2.77 bits per heavy atom. The zero-order valence-electron chi connectivity index (χ0n) is 8.18. The summed E-state index contributed by atoms with van der Waals surface area (Å²) in [6.07, 6.45) is 4.02. The fourth-order valence-electron chi connectivity index (χ4n) is 1.99. The van der Waals surface area contributed by atoms with Crippen LogP contribution in [0.5, 0.6) is 0 Å². The Morgan fingerprint density at radius 2 is 2.15 bits per heavy atom. The van der Waals surface area contributed by atoms with Crippen LogP contribution in [0.3, 0.4) is 0 Å². The van der Waals surface area contributed by atoms with Crippen LogP contribution in [-0.4, -0.2) is 13.1 Å². The zero-order valence-corrected chi connectivity index (χ0v) is 8.99. The van der Waals surface area contributed by atoms with Crippen LogP contribution in [0.4, 0.5) is 0 Å².